The summed E-state index contributed by atoms with van der Waals surface area (Å²) in [5.41, 5.74) is 1.97. The minimum atomic E-state index is -2.60. The summed E-state index contributed by atoms with van der Waals surface area (Å²) in [6.45, 7) is 6.08. The summed E-state index contributed by atoms with van der Waals surface area (Å²) in [6.07, 6.45) is 2.07. The summed E-state index contributed by atoms with van der Waals surface area (Å²) in [5, 5.41) is 20.7. The second kappa shape index (κ2) is 6.09. The largest absolute Gasteiger partial charge is 0.504 e. The van der Waals surface area contributed by atoms with Crippen molar-refractivity contribution in [2.75, 3.05) is 20.1 Å². The van der Waals surface area contributed by atoms with Crippen LogP contribution in [0.2, 0.25) is 0 Å². The Bertz CT molecular complexity index is 633. The molecule has 1 aromatic carbocycles. The fourth-order valence-corrected chi connectivity index (χ4v) is 4.03. The van der Waals surface area contributed by atoms with E-state index in [9.17, 15) is 10.2 Å². The highest BCUT2D eigenvalue weighted by atomic mass is 16.5. The second-order valence-corrected chi connectivity index (χ2v) is 7.07. The van der Waals surface area contributed by atoms with Crippen LogP contribution in [0.15, 0.2) is 12.1 Å². The van der Waals surface area contributed by atoms with Gasteiger partial charge in [0.05, 0.1) is 17.3 Å². The first-order chi connectivity index (χ1) is 11.6. The van der Waals surface area contributed by atoms with E-state index in [-0.39, 0.29) is 29.6 Å². The lowest BCUT2D eigenvalue weighted by Crippen LogP contribution is -2.48. The molecule has 0 aliphatic carbocycles. The normalized spacial score (nSPS) is 30.9. The van der Waals surface area contributed by atoms with Crippen molar-refractivity contribution in [1.82, 2.24) is 4.90 Å². The molecule has 122 valence electrons. The van der Waals surface area contributed by atoms with Gasteiger partial charge in [-0.05, 0) is 54.4 Å². The monoisotopic (exact) mass is 308 g/mol. The third-order valence-corrected chi connectivity index (χ3v) is 5.05. The molecular weight excluding hydrogens is 278 g/mol. The molecule has 0 saturated carbocycles. The van der Waals surface area contributed by atoms with Crippen LogP contribution >= 0.6 is 0 Å². The van der Waals surface area contributed by atoms with Crippen LogP contribution < -0.4 is 4.74 Å². The summed E-state index contributed by atoms with van der Waals surface area (Å²) >= 11 is 0. The molecule has 0 unspecified atom stereocenters. The van der Waals surface area contributed by atoms with E-state index in [1.165, 1.54) is 0 Å². The van der Waals surface area contributed by atoms with Crippen molar-refractivity contribution < 1.29 is 19.1 Å². The van der Waals surface area contributed by atoms with E-state index in [2.05, 4.69) is 18.7 Å². The standard InChI is InChI=1S/C18H27NO3/c1-11(2)6-13-10-19-5-4-12-7-17(21)18(22-3)8-14(12)15(19)9-16(13)20/h7-8,11,13,15-16,20-21H,4-6,9-10H2,1-3H3/t13-,15-,16+/m1/s1/i3D3. The Hall–Kier alpha value is -1.26. The van der Waals surface area contributed by atoms with E-state index in [4.69, 9.17) is 8.85 Å². The summed E-state index contributed by atoms with van der Waals surface area (Å²) in [4.78, 5) is 2.37. The van der Waals surface area contributed by atoms with Gasteiger partial charge in [-0.15, -0.1) is 0 Å². The number of aliphatic hydroxyl groups is 1. The lowest BCUT2D eigenvalue weighted by Gasteiger charge is -2.46. The third-order valence-electron chi connectivity index (χ3n) is 5.05. The molecule has 0 spiro atoms. The van der Waals surface area contributed by atoms with Gasteiger partial charge in [0, 0.05) is 19.1 Å². The molecular formula is C18H27NO3. The zero-order valence-corrected chi connectivity index (χ0v) is 13.2. The van der Waals surface area contributed by atoms with Gasteiger partial charge in [0.15, 0.2) is 11.5 Å². The SMILES string of the molecule is [2H]C([2H])([2H])Oc1cc2c(cc1O)CCN1C[C@@H](CC(C)C)[C@@H](O)C[C@H]21. The Morgan fingerprint density at radius 2 is 2.27 bits per heavy atom. The van der Waals surface area contributed by atoms with E-state index >= 15 is 0 Å². The van der Waals surface area contributed by atoms with Crippen LogP contribution in [0, 0.1) is 11.8 Å². The van der Waals surface area contributed by atoms with Crippen molar-refractivity contribution in [1.29, 1.82) is 0 Å². The van der Waals surface area contributed by atoms with Gasteiger partial charge in [0.25, 0.3) is 0 Å². The molecule has 22 heavy (non-hydrogen) atoms. The van der Waals surface area contributed by atoms with Crippen molar-refractivity contribution in [3.63, 3.8) is 0 Å². The minimum absolute atomic E-state index is 0.0145. The van der Waals surface area contributed by atoms with Crippen LogP contribution in [0.1, 0.15) is 48.0 Å². The third kappa shape index (κ3) is 2.82. The van der Waals surface area contributed by atoms with Gasteiger partial charge < -0.3 is 14.9 Å². The fraction of sp³-hybridized carbons (Fsp3) is 0.667. The van der Waals surface area contributed by atoms with Crippen LogP contribution in [0.25, 0.3) is 0 Å². The number of piperidine rings is 1. The highest BCUT2D eigenvalue weighted by Gasteiger charge is 2.38. The smallest absolute Gasteiger partial charge is 0.160 e. The number of benzene rings is 1. The quantitative estimate of drug-likeness (QED) is 0.901. The zero-order chi connectivity index (χ0) is 18.4. The van der Waals surface area contributed by atoms with Gasteiger partial charge in [0.2, 0.25) is 0 Å². The van der Waals surface area contributed by atoms with Crippen molar-refractivity contribution in [2.24, 2.45) is 11.8 Å². The lowest BCUT2D eigenvalue weighted by atomic mass is 9.79. The van der Waals surface area contributed by atoms with Crippen molar-refractivity contribution in [3.8, 4) is 11.5 Å². The van der Waals surface area contributed by atoms with Crippen LogP contribution in [0.4, 0.5) is 0 Å². The van der Waals surface area contributed by atoms with Crippen molar-refractivity contribution >= 4 is 0 Å². The number of aromatic hydroxyl groups is 1. The lowest BCUT2D eigenvalue weighted by molar-refractivity contribution is -0.0191. The minimum Gasteiger partial charge on any atom is -0.504 e. The van der Waals surface area contributed by atoms with Gasteiger partial charge in [-0.3, -0.25) is 4.90 Å². The van der Waals surface area contributed by atoms with E-state index in [1.54, 1.807) is 12.1 Å². The molecule has 2 aliphatic heterocycles. The number of methoxy groups -OCH3 is 1. The first-order valence-electron chi connectivity index (χ1n) is 9.61. The Kier molecular flexibility index (Phi) is 3.38. The van der Waals surface area contributed by atoms with Crippen molar-refractivity contribution in [3.05, 3.63) is 23.3 Å². The van der Waals surface area contributed by atoms with E-state index in [1.807, 2.05) is 0 Å². The Morgan fingerprint density at radius 3 is 3.00 bits per heavy atom. The van der Waals surface area contributed by atoms with Gasteiger partial charge >= 0.3 is 0 Å². The number of ether oxygens (including phenoxy) is 1. The number of aliphatic hydroxyl groups excluding tert-OH is 1. The van der Waals surface area contributed by atoms with Gasteiger partial charge in [-0.2, -0.15) is 0 Å². The summed E-state index contributed by atoms with van der Waals surface area (Å²) in [6, 6.07) is 3.30. The Morgan fingerprint density at radius 1 is 1.45 bits per heavy atom. The fourth-order valence-electron chi connectivity index (χ4n) is 4.03. The average molecular weight is 308 g/mol. The first kappa shape index (κ1) is 12.2. The zero-order valence-electron chi connectivity index (χ0n) is 16.2. The van der Waals surface area contributed by atoms with Gasteiger partial charge in [-0.1, -0.05) is 13.8 Å². The maximum Gasteiger partial charge on any atom is 0.160 e. The van der Waals surface area contributed by atoms with E-state index in [0.29, 0.717) is 12.3 Å². The van der Waals surface area contributed by atoms with E-state index in [0.717, 1.165) is 37.1 Å². The molecule has 2 N–H and O–H groups in total. The molecule has 0 amide bonds. The van der Waals surface area contributed by atoms with Crippen molar-refractivity contribution in [2.45, 2.75) is 45.3 Å². The Labute approximate surface area is 136 Å². The number of nitrogens with zero attached hydrogens (tertiary/aromatic N) is 1. The predicted octanol–water partition coefficient (Wildman–Crippen LogP) is 2.73. The van der Waals surface area contributed by atoms with Crippen LogP contribution in [-0.2, 0) is 6.42 Å². The van der Waals surface area contributed by atoms with Crippen LogP contribution in [0.3, 0.4) is 0 Å². The molecule has 1 saturated heterocycles. The summed E-state index contributed by atoms with van der Waals surface area (Å²) in [7, 11) is -2.60. The summed E-state index contributed by atoms with van der Waals surface area (Å²) < 4.78 is 26.7. The van der Waals surface area contributed by atoms with E-state index < -0.39 is 7.04 Å². The van der Waals surface area contributed by atoms with Crippen LogP contribution in [0.5, 0.6) is 11.5 Å². The topological polar surface area (TPSA) is 52.9 Å². The number of phenols is 1. The number of rotatable bonds is 3. The maximum atomic E-state index is 10.6. The molecule has 0 bridgehead atoms. The van der Waals surface area contributed by atoms with Crippen LogP contribution in [-0.4, -0.2) is 41.3 Å². The highest BCUT2D eigenvalue weighted by molar-refractivity contribution is 5.48. The molecule has 4 heteroatoms. The molecule has 0 aromatic heterocycles. The molecule has 2 heterocycles. The number of phenolic OH excluding ortho intramolecular Hbond substituents is 1. The number of hydrogen-bond donors (Lipinski definition) is 2. The summed E-state index contributed by atoms with van der Waals surface area (Å²) in [5.74, 6) is 0.661. The second-order valence-electron chi connectivity index (χ2n) is 7.07. The number of hydrogen-bond acceptors (Lipinski definition) is 4. The molecule has 2 aliphatic rings. The first-order valence-corrected chi connectivity index (χ1v) is 8.11. The molecule has 1 fully saturated rings. The average Bonchev–Trinajstić information content (AvgIpc) is 2.47. The van der Waals surface area contributed by atoms with Gasteiger partial charge in [0.1, 0.15) is 0 Å². The Balaban J connectivity index is 1.87. The number of fused-ring (bicyclic) bond motifs is 3. The highest BCUT2D eigenvalue weighted by Crippen LogP contribution is 2.43. The molecule has 1 aromatic rings. The maximum absolute atomic E-state index is 10.6. The molecule has 0 radical (unpaired) electrons. The molecule has 4 nitrogen and oxygen atoms in total. The molecule has 3 rings (SSSR count). The van der Waals surface area contributed by atoms with Gasteiger partial charge in [-0.25, -0.2) is 0 Å². The predicted molar refractivity (Wildman–Crippen MR) is 86.2 cm³/mol. The molecule has 3 atom stereocenters.